The van der Waals surface area contributed by atoms with E-state index in [1.54, 1.807) is 0 Å². The van der Waals surface area contributed by atoms with E-state index in [9.17, 15) is 0 Å². The van der Waals surface area contributed by atoms with Crippen LogP contribution in [0, 0.1) is 0 Å². The van der Waals surface area contributed by atoms with Crippen LogP contribution < -0.4 is 0 Å². The zero-order valence-electron chi connectivity index (χ0n) is 9.32. The summed E-state index contributed by atoms with van der Waals surface area (Å²) in [5.74, 6) is 0. The van der Waals surface area contributed by atoms with Crippen LogP contribution in [0.2, 0.25) is 0 Å². The van der Waals surface area contributed by atoms with Gasteiger partial charge in [-0.25, -0.2) is 0 Å². The van der Waals surface area contributed by atoms with Crippen LogP contribution in [-0.2, 0) is 0 Å². The molecule has 0 amide bonds. The standard InChI is InChI=1S/C11H18Cl3N/c1-3-5-10(12,6-4-2)9-11(13,14)7-8-15-9/h3-8H2,1-2H3. The summed E-state index contributed by atoms with van der Waals surface area (Å²) in [6.45, 7) is 4.93. The topological polar surface area (TPSA) is 12.4 Å². The van der Waals surface area contributed by atoms with Crippen molar-refractivity contribution >= 4 is 40.5 Å². The van der Waals surface area contributed by atoms with Crippen molar-refractivity contribution in [1.29, 1.82) is 0 Å². The Morgan fingerprint density at radius 1 is 1.27 bits per heavy atom. The Bertz CT molecular complexity index is 242. The third kappa shape index (κ3) is 3.01. The first-order chi connectivity index (χ1) is 6.96. The van der Waals surface area contributed by atoms with Gasteiger partial charge in [-0.3, -0.25) is 4.99 Å². The first-order valence-electron chi connectivity index (χ1n) is 5.58. The molecule has 0 atom stereocenters. The molecule has 1 heterocycles. The molecule has 1 rings (SSSR count). The van der Waals surface area contributed by atoms with Gasteiger partial charge in [0.25, 0.3) is 0 Å². The van der Waals surface area contributed by atoms with E-state index in [2.05, 4.69) is 18.8 Å². The molecule has 0 saturated carbocycles. The number of halogens is 3. The van der Waals surface area contributed by atoms with Crippen LogP contribution in [0.1, 0.15) is 46.0 Å². The van der Waals surface area contributed by atoms with E-state index in [0.717, 1.165) is 31.4 Å². The Labute approximate surface area is 107 Å². The lowest BCUT2D eigenvalue weighted by atomic mass is 9.90. The lowest BCUT2D eigenvalue weighted by Crippen LogP contribution is -2.41. The van der Waals surface area contributed by atoms with E-state index in [0.29, 0.717) is 13.0 Å². The Morgan fingerprint density at radius 2 is 1.80 bits per heavy atom. The molecule has 1 aliphatic rings. The normalized spacial score (nSPS) is 20.5. The molecule has 4 heteroatoms. The second-order valence-corrected chi connectivity index (χ2v) is 6.36. The van der Waals surface area contributed by atoms with Gasteiger partial charge < -0.3 is 0 Å². The summed E-state index contributed by atoms with van der Waals surface area (Å²) in [5.41, 5.74) is 0.795. The van der Waals surface area contributed by atoms with E-state index in [4.69, 9.17) is 34.8 Å². The highest BCUT2D eigenvalue weighted by Gasteiger charge is 2.46. The molecule has 0 bridgehead atoms. The van der Waals surface area contributed by atoms with Crippen LogP contribution in [0.25, 0.3) is 0 Å². The van der Waals surface area contributed by atoms with Crippen molar-refractivity contribution in [1.82, 2.24) is 0 Å². The van der Waals surface area contributed by atoms with Gasteiger partial charge >= 0.3 is 0 Å². The second kappa shape index (κ2) is 5.25. The second-order valence-electron chi connectivity index (χ2n) is 4.15. The van der Waals surface area contributed by atoms with Crippen molar-refractivity contribution in [2.24, 2.45) is 4.99 Å². The lowest BCUT2D eigenvalue weighted by molar-refractivity contribution is 0.584. The summed E-state index contributed by atoms with van der Waals surface area (Å²) in [4.78, 5) is 3.99. The summed E-state index contributed by atoms with van der Waals surface area (Å²) in [5, 5.41) is 0. The van der Waals surface area contributed by atoms with Gasteiger partial charge in [0.05, 0.1) is 10.6 Å². The van der Waals surface area contributed by atoms with E-state index in [-0.39, 0.29) is 0 Å². The van der Waals surface area contributed by atoms with E-state index in [1.165, 1.54) is 0 Å². The Balaban J connectivity index is 2.89. The van der Waals surface area contributed by atoms with Gasteiger partial charge in [-0.15, -0.1) is 11.6 Å². The third-order valence-electron chi connectivity index (χ3n) is 2.76. The number of hydrogen-bond donors (Lipinski definition) is 0. The van der Waals surface area contributed by atoms with E-state index >= 15 is 0 Å². The summed E-state index contributed by atoms with van der Waals surface area (Å²) in [6.07, 6.45) is 4.51. The SMILES string of the molecule is CCCC(Cl)(CCC)C1=NCCC1(Cl)Cl. The van der Waals surface area contributed by atoms with Gasteiger partial charge in [0.15, 0.2) is 4.33 Å². The van der Waals surface area contributed by atoms with Crippen LogP contribution >= 0.6 is 34.8 Å². The van der Waals surface area contributed by atoms with Gasteiger partial charge in [0.2, 0.25) is 0 Å². The van der Waals surface area contributed by atoms with Crippen LogP contribution in [0.5, 0.6) is 0 Å². The molecular weight excluding hydrogens is 252 g/mol. The fourth-order valence-electron chi connectivity index (χ4n) is 2.17. The molecule has 88 valence electrons. The number of nitrogens with zero attached hydrogens (tertiary/aromatic N) is 1. The fourth-order valence-corrected chi connectivity index (χ4v) is 3.51. The number of hydrogen-bond acceptors (Lipinski definition) is 1. The molecule has 0 aromatic heterocycles. The monoisotopic (exact) mass is 269 g/mol. The van der Waals surface area contributed by atoms with Crippen LogP contribution in [0.4, 0.5) is 0 Å². The number of aliphatic imine (C=N–C) groups is 1. The predicted octanol–water partition coefficient (Wildman–Crippen LogP) is 4.58. The van der Waals surface area contributed by atoms with Crippen molar-refractivity contribution in [3.8, 4) is 0 Å². The molecule has 0 fully saturated rings. The van der Waals surface area contributed by atoms with E-state index in [1.807, 2.05) is 0 Å². The van der Waals surface area contributed by atoms with Crippen molar-refractivity contribution < 1.29 is 0 Å². The Hall–Kier alpha value is 0.540. The first kappa shape index (κ1) is 13.6. The summed E-state index contributed by atoms with van der Waals surface area (Å²) >= 11 is 19.1. The molecule has 15 heavy (non-hydrogen) atoms. The fraction of sp³-hybridized carbons (Fsp3) is 0.909. The molecule has 0 radical (unpaired) electrons. The molecule has 0 aliphatic carbocycles. The van der Waals surface area contributed by atoms with Gasteiger partial charge in [-0.2, -0.15) is 0 Å². The van der Waals surface area contributed by atoms with Crippen LogP contribution in [0.3, 0.4) is 0 Å². The summed E-state index contributed by atoms with van der Waals surface area (Å²) < 4.78 is -0.841. The number of rotatable bonds is 5. The highest BCUT2D eigenvalue weighted by Crippen LogP contribution is 2.43. The lowest BCUT2D eigenvalue weighted by Gasteiger charge is -2.31. The summed E-state index contributed by atoms with van der Waals surface area (Å²) in [7, 11) is 0. The molecule has 0 unspecified atom stereocenters. The maximum Gasteiger partial charge on any atom is 0.159 e. The van der Waals surface area contributed by atoms with Crippen molar-refractivity contribution in [3.05, 3.63) is 0 Å². The minimum atomic E-state index is -0.841. The zero-order chi connectivity index (χ0) is 11.5. The molecule has 0 saturated heterocycles. The number of alkyl halides is 3. The zero-order valence-corrected chi connectivity index (χ0v) is 11.6. The van der Waals surface area contributed by atoms with Crippen LogP contribution in [-0.4, -0.2) is 21.5 Å². The van der Waals surface area contributed by atoms with E-state index < -0.39 is 9.21 Å². The minimum Gasteiger partial charge on any atom is -0.289 e. The Morgan fingerprint density at radius 3 is 2.13 bits per heavy atom. The maximum atomic E-state index is 6.63. The molecule has 0 spiro atoms. The average molecular weight is 271 g/mol. The minimum absolute atomic E-state index is 0.427. The Kier molecular flexibility index (Phi) is 4.76. The van der Waals surface area contributed by atoms with Crippen molar-refractivity contribution in [2.45, 2.75) is 55.2 Å². The molecule has 1 nitrogen and oxygen atoms in total. The first-order valence-corrected chi connectivity index (χ1v) is 6.72. The van der Waals surface area contributed by atoms with Gasteiger partial charge in [0.1, 0.15) is 0 Å². The third-order valence-corrected chi connectivity index (χ3v) is 4.05. The predicted molar refractivity (Wildman–Crippen MR) is 69.8 cm³/mol. The molecule has 0 aromatic rings. The maximum absolute atomic E-state index is 6.63. The van der Waals surface area contributed by atoms with Crippen molar-refractivity contribution in [3.63, 3.8) is 0 Å². The smallest absolute Gasteiger partial charge is 0.159 e. The van der Waals surface area contributed by atoms with Gasteiger partial charge in [-0.1, -0.05) is 49.9 Å². The quantitative estimate of drug-likeness (QED) is 0.648. The molecular formula is C11H18Cl3N. The van der Waals surface area contributed by atoms with Crippen LogP contribution in [0.15, 0.2) is 4.99 Å². The highest BCUT2D eigenvalue weighted by molar-refractivity contribution is 6.62. The summed E-state index contributed by atoms with van der Waals surface area (Å²) in [6, 6.07) is 0. The largest absolute Gasteiger partial charge is 0.289 e. The van der Waals surface area contributed by atoms with Gasteiger partial charge in [0, 0.05) is 13.0 Å². The molecule has 0 N–H and O–H groups in total. The van der Waals surface area contributed by atoms with Gasteiger partial charge in [-0.05, 0) is 12.8 Å². The highest BCUT2D eigenvalue weighted by atomic mass is 35.5. The molecule has 1 aliphatic heterocycles. The molecule has 0 aromatic carbocycles. The van der Waals surface area contributed by atoms with Crippen molar-refractivity contribution in [2.75, 3.05) is 6.54 Å². The average Bonchev–Trinajstić information content (AvgIpc) is 2.46.